The number of amides is 3. The molecule has 3 N–H and O–H groups in total. The number of thiazole rings is 1. The van der Waals surface area contributed by atoms with E-state index in [4.69, 9.17) is 14.2 Å². The summed E-state index contributed by atoms with van der Waals surface area (Å²) in [6.45, 7) is 10.8. The van der Waals surface area contributed by atoms with Crippen molar-refractivity contribution in [2.24, 2.45) is 0 Å². The van der Waals surface area contributed by atoms with Crippen LogP contribution in [0.25, 0.3) is 26.4 Å². The van der Waals surface area contributed by atoms with Crippen LogP contribution in [0.5, 0.6) is 0 Å². The number of carbonyl (C=O) groups is 2. The SMILES string of the molecule is CC(C)(C)c1cc(NC(=O)Nc2ccc(-c3cn4c(n3)sc3cc(C(=O)NCCN5CCOCC5)ccc34)cc2)no1.Cl. The molecule has 0 radical (unpaired) electrons. The number of anilines is 2. The number of fused-ring (bicyclic) bond motifs is 3. The minimum Gasteiger partial charge on any atom is -0.379 e. The monoisotopic (exact) mass is 623 g/mol. The van der Waals surface area contributed by atoms with Gasteiger partial charge < -0.3 is 19.9 Å². The maximum atomic E-state index is 12.7. The third-order valence-corrected chi connectivity index (χ3v) is 8.12. The van der Waals surface area contributed by atoms with E-state index in [1.807, 2.05) is 73.8 Å². The predicted molar refractivity (Wildman–Crippen MR) is 171 cm³/mol. The average Bonchev–Trinajstić information content (AvgIpc) is 3.69. The molecule has 1 fully saturated rings. The lowest BCUT2D eigenvalue weighted by Crippen LogP contribution is -2.41. The van der Waals surface area contributed by atoms with Crippen LogP contribution in [-0.2, 0) is 10.2 Å². The maximum Gasteiger partial charge on any atom is 0.324 e. The summed E-state index contributed by atoms with van der Waals surface area (Å²) in [6, 6.07) is 14.5. The van der Waals surface area contributed by atoms with Crippen molar-refractivity contribution in [3.05, 3.63) is 66.1 Å². The van der Waals surface area contributed by atoms with E-state index in [9.17, 15) is 9.59 Å². The number of ether oxygens (including phenoxy) is 1. The summed E-state index contributed by atoms with van der Waals surface area (Å²) in [7, 11) is 0. The topological polar surface area (TPSA) is 126 Å². The molecule has 1 aliphatic heterocycles. The van der Waals surface area contributed by atoms with Gasteiger partial charge in [0.05, 0.1) is 29.1 Å². The lowest BCUT2D eigenvalue weighted by atomic mass is 9.93. The lowest BCUT2D eigenvalue weighted by molar-refractivity contribution is 0.0383. The number of carbonyl (C=O) groups excluding carboxylic acids is 2. The van der Waals surface area contributed by atoms with Crippen molar-refractivity contribution >= 4 is 62.4 Å². The Hall–Kier alpha value is -3.97. The number of hydrogen-bond donors (Lipinski definition) is 3. The Kier molecular flexibility index (Phi) is 9.02. The first-order valence-electron chi connectivity index (χ1n) is 13.9. The Morgan fingerprint density at radius 1 is 1.02 bits per heavy atom. The van der Waals surface area contributed by atoms with Crippen LogP contribution in [-0.4, -0.2) is 70.8 Å². The summed E-state index contributed by atoms with van der Waals surface area (Å²) < 4.78 is 13.7. The Balaban J connectivity index is 0.00000368. The molecule has 0 aliphatic carbocycles. The molecule has 13 heteroatoms. The molecular formula is C30H34ClN7O4S. The Bertz CT molecular complexity index is 1730. The Labute approximate surface area is 259 Å². The second kappa shape index (κ2) is 12.7. The van der Waals surface area contributed by atoms with E-state index in [1.54, 1.807) is 17.4 Å². The van der Waals surface area contributed by atoms with Crippen LogP contribution in [0.2, 0.25) is 0 Å². The number of rotatable bonds is 7. The van der Waals surface area contributed by atoms with Crippen LogP contribution in [0.4, 0.5) is 16.3 Å². The van der Waals surface area contributed by atoms with Crippen LogP contribution < -0.4 is 16.0 Å². The quantitative estimate of drug-likeness (QED) is 0.214. The molecule has 0 atom stereocenters. The van der Waals surface area contributed by atoms with Gasteiger partial charge in [0.25, 0.3) is 5.91 Å². The first-order chi connectivity index (χ1) is 20.2. The van der Waals surface area contributed by atoms with Gasteiger partial charge >= 0.3 is 6.03 Å². The van der Waals surface area contributed by atoms with Gasteiger partial charge in [0.2, 0.25) is 0 Å². The molecule has 0 spiro atoms. The molecule has 6 rings (SSSR count). The smallest absolute Gasteiger partial charge is 0.324 e. The standard InChI is InChI=1S/C30H33N7O4S.ClH/c1-30(2,3)25-17-26(35-41-25)34-28(39)32-21-7-4-19(5-8-21)22-18-37-23-9-6-20(16-24(23)42-29(37)33-22)27(38)31-10-11-36-12-14-40-15-13-36;/h4-9,16-18H,10-15H2,1-3H3,(H,31,38)(H2,32,34,35,39);1H. The number of morpholine rings is 1. The molecular weight excluding hydrogens is 590 g/mol. The number of nitrogens with zero attached hydrogens (tertiary/aromatic N) is 4. The van der Waals surface area contributed by atoms with E-state index in [0.717, 1.165) is 59.3 Å². The van der Waals surface area contributed by atoms with E-state index < -0.39 is 6.03 Å². The van der Waals surface area contributed by atoms with E-state index >= 15 is 0 Å². The highest BCUT2D eigenvalue weighted by Crippen LogP contribution is 2.31. The number of urea groups is 1. The third-order valence-electron chi connectivity index (χ3n) is 7.10. The van der Waals surface area contributed by atoms with Crippen LogP contribution in [0.1, 0.15) is 36.9 Å². The van der Waals surface area contributed by atoms with Crippen molar-refractivity contribution in [1.29, 1.82) is 0 Å². The van der Waals surface area contributed by atoms with Gasteiger partial charge in [-0.05, 0) is 30.3 Å². The van der Waals surface area contributed by atoms with Crippen LogP contribution >= 0.6 is 23.7 Å². The number of benzene rings is 2. The molecule has 5 aromatic rings. The summed E-state index contributed by atoms with van der Waals surface area (Å²) in [6.07, 6.45) is 1.99. The molecule has 3 amide bonds. The fraction of sp³-hybridized carbons (Fsp3) is 0.333. The molecule has 1 saturated heterocycles. The van der Waals surface area contributed by atoms with E-state index in [-0.39, 0.29) is 23.7 Å². The predicted octanol–water partition coefficient (Wildman–Crippen LogP) is 5.63. The van der Waals surface area contributed by atoms with Crippen molar-refractivity contribution in [1.82, 2.24) is 24.8 Å². The van der Waals surface area contributed by atoms with Crippen LogP contribution in [0, 0.1) is 0 Å². The number of nitrogens with one attached hydrogen (secondary N) is 3. The summed E-state index contributed by atoms with van der Waals surface area (Å²) in [4.78, 5) is 33.1. The zero-order valence-electron chi connectivity index (χ0n) is 24.2. The van der Waals surface area contributed by atoms with Gasteiger partial charge in [0.1, 0.15) is 5.76 Å². The zero-order chi connectivity index (χ0) is 29.3. The molecule has 3 aromatic heterocycles. The first-order valence-corrected chi connectivity index (χ1v) is 14.7. The molecule has 1 aliphatic rings. The van der Waals surface area contributed by atoms with Gasteiger partial charge in [-0.25, -0.2) is 9.78 Å². The van der Waals surface area contributed by atoms with Gasteiger partial charge in [-0.3, -0.25) is 19.4 Å². The van der Waals surface area contributed by atoms with E-state index in [0.29, 0.717) is 29.4 Å². The molecule has 0 unspecified atom stereocenters. The van der Waals surface area contributed by atoms with E-state index in [1.165, 1.54) is 0 Å². The van der Waals surface area contributed by atoms with Crippen molar-refractivity contribution in [3.63, 3.8) is 0 Å². The van der Waals surface area contributed by atoms with Crippen molar-refractivity contribution in [2.45, 2.75) is 26.2 Å². The minimum atomic E-state index is -0.407. The highest BCUT2D eigenvalue weighted by molar-refractivity contribution is 7.23. The van der Waals surface area contributed by atoms with Gasteiger partial charge in [0, 0.05) is 60.7 Å². The molecule has 43 heavy (non-hydrogen) atoms. The average molecular weight is 624 g/mol. The second-order valence-corrected chi connectivity index (χ2v) is 12.3. The molecule has 11 nitrogen and oxygen atoms in total. The van der Waals surface area contributed by atoms with Gasteiger partial charge in [-0.1, -0.05) is 49.4 Å². The van der Waals surface area contributed by atoms with Gasteiger partial charge in [-0.2, -0.15) is 0 Å². The second-order valence-electron chi connectivity index (χ2n) is 11.3. The highest BCUT2D eigenvalue weighted by Gasteiger charge is 2.20. The normalized spacial score (nSPS) is 14.0. The number of halogens is 1. The molecule has 2 aromatic carbocycles. The number of aromatic nitrogens is 3. The first kappa shape index (κ1) is 30.5. The largest absolute Gasteiger partial charge is 0.379 e. The number of imidazole rings is 1. The van der Waals surface area contributed by atoms with Crippen molar-refractivity contribution < 1.29 is 18.8 Å². The summed E-state index contributed by atoms with van der Waals surface area (Å²) in [5.74, 6) is 0.974. The van der Waals surface area contributed by atoms with Crippen molar-refractivity contribution in [2.75, 3.05) is 50.0 Å². The fourth-order valence-electron chi connectivity index (χ4n) is 4.73. The van der Waals surface area contributed by atoms with Crippen LogP contribution in [0.3, 0.4) is 0 Å². The summed E-state index contributed by atoms with van der Waals surface area (Å²) >= 11 is 1.54. The van der Waals surface area contributed by atoms with Crippen LogP contribution in [0.15, 0.2) is 59.3 Å². The minimum absolute atomic E-state index is 0. The fourth-order valence-corrected chi connectivity index (χ4v) is 5.77. The Morgan fingerprint density at radius 2 is 1.79 bits per heavy atom. The van der Waals surface area contributed by atoms with Gasteiger partial charge in [0.15, 0.2) is 10.8 Å². The maximum absolute atomic E-state index is 12.7. The molecule has 226 valence electrons. The molecule has 0 bridgehead atoms. The Morgan fingerprint density at radius 3 is 2.51 bits per heavy atom. The summed E-state index contributed by atoms with van der Waals surface area (Å²) in [5, 5.41) is 12.4. The third kappa shape index (κ3) is 6.99. The number of hydrogen-bond acceptors (Lipinski definition) is 8. The highest BCUT2D eigenvalue weighted by atomic mass is 35.5. The molecule has 4 heterocycles. The zero-order valence-corrected chi connectivity index (χ0v) is 25.8. The van der Waals surface area contributed by atoms with E-state index in [2.05, 4.69) is 26.0 Å². The lowest BCUT2D eigenvalue weighted by Gasteiger charge is -2.26. The van der Waals surface area contributed by atoms with Crippen molar-refractivity contribution in [3.8, 4) is 11.3 Å². The summed E-state index contributed by atoms with van der Waals surface area (Å²) in [5.41, 5.74) is 3.82. The molecule has 0 saturated carbocycles. The van der Waals surface area contributed by atoms with Gasteiger partial charge in [-0.15, -0.1) is 12.4 Å².